The zero-order chi connectivity index (χ0) is 24.9. The lowest BCUT2D eigenvalue weighted by molar-refractivity contribution is -0.274. The van der Waals surface area contributed by atoms with Crippen molar-refractivity contribution < 1.29 is 27.5 Å². The number of halogens is 3. The van der Waals surface area contributed by atoms with E-state index in [1.807, 2.05) is 44.2 Å². The van der Waals surface area contributed by atoms with Crippen molar-refractivity contribution in [3.63, 3.8) is 0 Å². The van der Waals surface area contributed by atoms with Gasteiger partial charge in [-0.25, -0.2) is 0 Å². The van der Waals surface area contributed by atoms with E-state index in [0.29, 0.717) is 13.1 Å². The van der Waals surface area contributed by atoms with Crippen LogP contribution in [-0.4, -0.2) is 47.7 Å². The van der Waals surface area contributed by atoms with Crippen molar-refractivity contribution in [2.24, 2.45) is 5.92 Å². The monoisotopic (exact) mass is 477 g/mol. The number of carbonyl (C=O) groups excluding carboxylic acids is 2. The Bertz CT molecular complexity index is 988. The Morgan fingerprint density at radius 1 is 1.03 bits per heavy atom. The van der Waals surface area contributed by atoms with Gasteiger partial charge in [0.1, 0.15) is 11.8 Å². The van der Waals surface area contributed by atoms with E-state index in [9.17, 15) is 22.8 Å². The summed E-state index contributed by atoms with van der Waals surface area (Å²) in [6.07, 6.45) is -3.38. The SMILES string of the molecule is CC(C)C(NC(=O)c1cccc(OC(F)(F)F)c1)C(=O)N1CCC(C)(Nc2ccccc2)CC1. The fraction of sp³-hybridized carbons (Fsp3) is 0.440. The first kappa shape index (κ1) is 25.4. The van der Waals surface area contributed by atoms with Gasteiger partial charge in [-0.2, -0.15) is 0 Å². The zero-order valence-corrected chi connectivity index (χ0v) is 19.5. The fourth-order valence-corrected chi connectivity index (χ4v) is 3.98. The number of hydrogen-bond donors (Lipinski definition) is 2. The zero-order valence-electron chi connectivity index (χ0n) is 19.5. The van der Waals surface area contributed by atoms with Crippen LogP contribution in [0.4, 0.5) is 18.9 Å². The van der Waals surface area contributed by atoms with Crippen LogP contribution in [0.5, 0.6) is 5.75 Å². The summed E-state index contributed by atoms with van der Waals surface area (Å²) >= 11 is 0. The summed E-state index contributed by atoms with van der Waals surface area (Å²) in [5.74, 6) is -1.53. The highest BCUT2D eigenvalue weighted by Gasteiger charge is 2.36. The maximum Gasteiger partial charge on any atom is 0.573 e. The molecule has 2 aromatic rings. The van der Waals surface area contributed by atoms with Crippen molar-refractivity contribution in [1.82, 2.24) is 10.2 Å². The van der Waals surface area contributed by atoms with Crippen molar-refractivity contribution >= 4 is 17.5 Å². The quantitative estimate of drug-likeness (QED) is 0.599. The average Bonchev–Trinajstić information content (AvgIpc) is 2.76. The topological polar surface area (TPSA) is 70.7 Å². The van der Waals surface area contributed by atoms with Gasteiger partial charge in [-0.05, 0) is 56.0 Å². The van der Waals surface area contributed by atoms with Crippen LogP contribution < -0.4 is 15.4 Å². The highest BCUT2D eigenvalue weighted by Crippen LogP contribution is 2.28. The number of ether oxygens (including phenoxy) is 1. The van der Waals surface area contributed by atoms with E-state index in [0.717, 1.165) is 30.7 Å². The van der Waals surface area contributed by atoms with Crippen LogP contribution in [0.15, 0.2) is 54.6 Å². The summed E-state index contributed by atoms with van der Waals surface area (Å²) in [5, 5.41) is 6.24. The molecule has 1 saturated heterocycles. The molecule has 0 radical (unpaired) electrons. The molecule has 9 heteroatoms. The first-order valence-electron chi connectivity index (χ1n) is 11.2. The van der Waals surface area contributed by atoms with Gasteiger partial charge < -0.3 is 20.3 Å². The van der Waals surface area contributed by atoms with Crippen LogP contribution in [0.1, 0.15) is 44.0 Å². The lowest BCUT2D eigenvalue weighted by Crippen LogP contribution is -2.56. The summed E-state index contributed by atoms with van der Waals surface area (Å²) in [5.41, 5.74) is 0.848. The Kier molecular flexibility index (Phi) is 7.74. The van der Waals surface area contributed by atoms with Crippen molar-refractivity contribution in [3.05, 3.63) is 60.2 Å². The number of hydrogen-bond acceptors (Lipinski definition) is 4. The van der Waals surface area contributed by atoms with E-state index >= 15 is 0 Å². The van der Waals surface area contributed by atoms with Gasteiger partial charge in [0.25, 0.3) is 5.91 Å². The predicted octanol–water partition coefficient (Wildman–Crippen LogP) is 4.83. The van der Waals surface area contributed by atoms with Crippen LogP contribution in [0.2, 0.25) is 0 Å². The largest absolute Gasteiger partial charge is 0.573 e. The number of carbonyl (C=O) groups is 2. The van der Waals surface area contributed by atoms with E-state index in [-0.39, 0.29) is 22.9 Å². The van der Waals surface area contributed by atoms with Crippen molar-refractivity contribution in [1.29, 1.82) is 0 Å². The maximum absolute atomic E-state index is 13.2. The molecule has 6 nitrogen and oxygen atoms in total. The lowest BCUT2D eigenvalue weighted by Gasteiger charge is -2.42. The third-order valence-corrected chi connectivity index (χ3v) is 5.95. The van der Waals surface area contributed by atoms with Crippen molar-refractivity contribution in [2.45, 2.75) is 51.6 Å². The number of amides is 2. The molecular formula is C25H30F3N3O3. The highest BCUT2D eigenvalue weighted by atomic mass is 19.4. The molecule has 0 bridgehead atoms. The maximum atomic E-state index is 13.2. The van der Waals surface area contributed by atoms with Crippen LogP contribution in [0.25, 0.3) is 0 Å². The minimum atomic E-state index is -4.86. The number of rotatable bonds is 7. The number of likely N-dealkylation sites (tertiary alicyclic amines) is 1. The lowest BCUT2D eigenvalue weighted by atomic mass is 9.88. The molecule has 3 rings (SSSR count). The van der Waals surface area contributed by atoms with Crippen LogP contribution >= 0.6 is 0 Å². The Morgan fingerprint density at radius 3 is 2.26 bits per heavy atom. The number of para-hydroxylation sites is 1. The normalized spacial score (nSPS) is 16.6. The van der Waals surface area contributed by atoms with Crippen LogP contribution in [-0.2, 0) is 4.79 Å². The van der Waals surface area contributed by atoms with Crippen molar-refractivity contribution in [3.8, 4) is 5.75 Å². The Hall–Kier alpha value is -3.23. The number of piperidine rings is 1. The van der Waals surface area contributed by atoms with Gasteiger partial charge in [0.15, 0.2) is 0 Å². The second-order valence-electron chi connectivity index (χ2n) is 9.15. The summed E-state index contributed by atoms with van der Waals surface area (Å²) in [6, 6.07) is 13.9. The first-order chi connectivity index (χ1) is 16.0. The molecule has 0 spiro atoms. The van der Waals surface area contributed by atoms with Gasteiger partial charge in [-0.3, -0.25) is 9.59 Å². The van der Waals surface area contributed by atoms with Gasteiger partial charge in [0.2, 0.25) is 5.91 Å². The molecule has 34 heavy (non-hydrogen) atoms. The third-order valence-electron chi connectivity index (χ3n) is 5.95. The summed E-state index contributed by atoms with van der Waals surface area (Å²) in [6.45, 7) is 6.82. The van der Waals surface area contributed by atoms with E-state index < -0.39 is 24.1 Å². The summed E-state index contributed by atoms with van der Waals surface area (Å²) < 4.78 is 41.4. The number of nitrogens with zero attached hydrogens (tertiary/aromatic N) is 1. The number of benzene rings is 2. The van der Waals surface area contributed by atoms with Gasteiger partial charge in [0.05, 0.1) is 0 Å². The highest BCUT2D eigenvalue weighted by molar-refractivity contribution is 5.98. The number of nitrogens with one attached hydrogen (secondary N) is 2. The third kappa shape index (κ3) is 6.88. The molecular weight excluding hydrogens is 447 g/mol. The van der Waals surface area contributed by atoms with Gasteiger partial charge >= 0.3 is 6.36 Å². The first-order valence-corrected chi connectivity index (χ1v) is 11.2. The number of alkyl halides is 3. The van der Waals surface area contributed by atoms with Crippen LogP contribution in [0, 0.1) is 5.92 Å². The smallest absolute Gasteiger partial charge is 0.406 e. The minimum absolute atomic E-state index is 0.0153. The fourth-order valence-electron chi connectivity index (χ4n) is 3.98. The molecule has 1 aliphatic heterocycles. The van der Waals surface area contributed by atoms with E-state index in [4.69, 9.17) is 0 Å². The summed E-state index contributed by atoms with van der Waals surface area (Å²) in [7, 11) is 0. The van der Waals surface area contributed by atoms with Crippen LogP contribution in [0.3, 0.4) is 0 Å². The molecule has 0 saturated carbocycles. The minimum Gasteiger partial charge on any atom is -0.406 e. The van der Waals surface area contributed by atoms with Crippen molar-refractivity contribution in [2.75, 3.05) is 18.4 Å². The second kappa shape index (κ2) is 10.4. The molecule has 2 N–H and O–H groups in total. The Balaban J connectivity index is 1.63. The van der Waals surface area contributed by atoms with E-state index in [1.54, 1.807) is 4.90 Å². The molecule has 0 aliphatic carbocycles. The Labute approximate surface area is 197 Å². The molecule has 1 atom stereocenters. The molecule has 0 aromatic heterocycles. The van der Waals surface area contributed by atoms with Gasteiger partial charge in [-0.1, -0.05) is 38.1 Å². The molecule has 1 unspecified atom stereocenters. The van der Waals surface area contributed by atoms with Gasteiger partial charge in [0, 0.05) is 29.9 Å². The average molecular weight is 478 g/mol. The molecule has 1 aliphatic rings. The van der Waals surface area contributed by atoms with E-state index in [2.05, 4.69) is 22.3 Å². The van der Waals surface area contributed by atoms with Gasteiger partial charge in [-0.15, -0.1) is 13.2 Å². The Morgan fingerprint density at radius 2 is 1.68 bits per heavy atom. The number of anilines is 1. The van der Waals surface area contributed by atoms with E-state index in [1.165, 1.54) is 12.1 Å². The molecule has 1 fully saturated rings. The molecule has 1 heterocycles. The molecule has 2 amide bonds. The molecule has 2 aromatic carbocycles. The predicted molar refractivity (Wildman–Crippen MR) is 124 cm³/mol. The standard InChI is InChI=1S/C25H30F3N3O3/c1-17(2)21(29-22(32)18-8-7-11-20(16-18)34-25(26,27)28)23(33)31-14-12-24(3,13-15-31)30-19-9-5-4-6-10-19/h4-11,16-17,21,30H,12-15H2,1-3H3,(H,29,32). The molecule has 184 valence electrons. The summed E-state index contributed by atoms with van der Waals surface area (Å²) in [4.78, 5) is 27.7. The second-order valence-corrected chi connectivity index (χ2v) is 9.15.